The second-order valence-corrected chi connectivity index (χ2v) is 8.55. The Labute approximate surface area is 176 Å². The minimum atomic E-state index is -0.149. The van der Waals surface area contributed by atoms with Crippen LogP contribution in [0.1, 0.15) is 23.9 Å². The average Bonchev–Trinajstić information content (AvgIpc) is 3.23. The Morgan fingerprint density at radius 1 is 1.19 bits per heavy atom. The lowest BCUT2D eigenvalue weighted by molar-refractivity contribution is -0.113. The maximum Gasteiger partial charge on any atom is 0.270 e. The van der Waals surface area contributed by atoms with Crippen molar-refractivity contribution in [3.05, 3.63) is 81.1 Å². The van der Waals surface area contributed by atoms with Crippen molar-refractivity contribution in [2.24, 2.45) is 0 Å². The van der Waals surface area contributed by atoms with E-state index in [1.807, 2.05) is 48.5 Å². The maximum atomic E-state index is 12.8. The van der Waals surface area contributed by atoms with Gasteiger partial charge >= 0.3 is 0 Å². The number of hydrogen-bond donors (Lipinski definition) is 0. The van der Waals surface area contributed by atoms with Crippen molar-refractivity contribution in [3.63, 3.8) is 0 Å². The van der Waals surface area contributed by atoms with Crippen LogP contribution in [0.25, 0.3) is 6.08 Å². The summed E-state index contributed by atoms with van der Waals surface area (Å²) in [5.41, 5.74) is 0.759. The lowest BCUT2D eigenvalue weighted by Gasteiger charge is -2.14. The van der Waals surface area contributed by atoms with Gasteiger partial charge in [-0.05, 0) is 36.8 Å². The van der Waals surface area contributed by atoms with Crippen molar-refractivity contribution >= 4 is 69.2 Å². The first-order valence-electron chi connectivity index (χ1n) is 8.18. The van der Waals surface area contributed by atoms with E-state index in [4.69, 9.17) is 39.8 Å². The van der Waals surface area contributed by atoms with Crippen molar-refractivity contribution in [1.29, 1.82) is 0 Å². The topological polar surface area (TPSA) is 33.5 Å². The number of amides is 1. The molecule has 1 atom stereocenters. The molecular formula is C20H13Cl2NO2S2. The zero-order chi connectivity index (χ0) is 19.0. The number of thioether (sulfide) groups is 1. The Morgan fingerprint density at radius 3 is 2.70 bits per heavy atom. The molecule has 0 saturated carbocycles. The Hall–Kier alpha value is -1.79. The molecule has 1 aromatic carbocycles. The van der Waals surface area contributed by atoms with E-state index in [1.165, 1.54) is 16.7 Å². The zero-order valence-corrected chi connectivity index (χ0v) is 17.0. The third kappa shape index (κ3) is 3.78. The van der Waals surface area contributed by atoms with E-state index < -0.39 is 0 Å². The lowest BCUT2D eigenvalue weighted by Crippen LogP contribution is -2.27. The summed E-state index contributed by atoms with van der Waals surface area (Å²) in [5.74, 6) is 1.26. The molecule has 1 unspecified atom stereocenters. The van der Waals surface area contributed by atoms with Crippen LogP contribution in [0.15, 0.2) is 74.0 Å². The zero-order valence-electron chi connectivity index (χ0n) is 13.9. The van der Waals surface area contributed by atoms with Crippen LogP contribution in [0.2, 0.25) is 0 Å². The third-order valence-corrected chi connectivity index (χ3v) is 6.34. The Morgan fingerprint density at radius 2 is 1.96 bits per heavy atom. The van der Waals surface area contributed by atoms with Gasteiger partial charge in [-0.3, -0.25) is 9.69 Å². The summed E-state index contributed by atoms with van der Waals surface area (Å²) in [7, 11) is 0. The van der Waals surface area contributed by atoms with Crippen molar-refractivity contribution in [3.8, 4) is 0 Å². The Kier molecular flexibility index (Phi) is 5.28. The number of rotatable bonds is 3. The summed E-state index contributed by atoms with van der Waals surface area (Å²) < 4.78 is 6.42. The number of carbonyl (C=O) groups excluding carboxylic acids is 1. The van der Waals surface area contributed by atoms with E-state index in [0.29, 0.717) is 31.5 Å². The van der Waals surface area contributed by atoms with Crippen LogP contribution in [0.5, 0.6) is 0 Å². The van der Waals surface area contributed by atoms with E-state index in [2.05, 4.69) is 0 Å². The molecule has 27 heavy (non-hydrogen) atoms. The van der Waals surface area contributed by atoms with Gasteiger partial charge in [0, 0.05) is 17.0 Å². The Bertz CT molecular complexity index is 1010. The quantitative estimate of drug-likeness (QED) is 0.413. The number of thiocarbonyl (C=S) groups is 1. The summed E-state index contributed by atoms with van der Waals surface area (Å²) in [6.45, 7) is 0. The molecule has 2 aromatic rings. The van der Waals surface area contributed by atoms with Crippen LogP contribution in [-0.4, -0.2) is 10.2 Å². The second kappa shape index (κ2) is 7.68. The molecule has 1 aliphatic heterocycles. The standard InChI is InChI=1S/C20H13Cl2NO2S2/c21-15-8-6-12(10-16(15)22)17-9-7-14(25-17)11-18-19(24)23(20(26)27-18)13-4-2-1-3-5-13/h1-9,11-12H,10H2/b18-11+. The van der Waals surface area contributed by atoms with Crippen LogP contribution < -0.4 is 4.90 Å². The first-order chi connectivity index (χ1) is 13.0. The molecule has 3 nitrogen and oxygen atoms in total. The molecule has 0 bridgehead atoms. The number of para-hydroxylation sites is 1. The lowest BCUT2D eigenvalue weighted by atomic mass is 9.98. The minimum absolute atomic E-state index is 0.0287. The minimum Gasteiger partial charge on any atom is -0.461 e. The van der Waals surface area contributed by atoms with Gasteiger partial charge in [-0.25, -0.2) is 0 Å². The summed E-state index contributed by atoms with van der Waals surface area (Å²) in [5, 5.41) is 1.18. The first-order valence-corrected chi connectivity index (χ1v) is 10.2. The van der Waals surface area contributed by atoms with Crippen molar-refractivity contribution < 1.29 is 9.21 Å². The van der Waals surface area contributed by atoms with Crippen molar-refractivity contribution in [2.45, 2.75) is 12.3 Å². The van der Waals surface area contributed by atoms with Crippen LogP contribution in [-0.2, 0) is 4.79 Å². The van der Waals surface area contributed by atoms with Gasteiger partial charge in [0.25, 0.3) is 5.91 Å². The molecule has 1 saturated heterocycles. The van der Waals surface area contributed by atoms with Gasteiger partial charge in [0.05, 0.1) is 15.6 Å². The van der Waals surface area contributed by atoms with Gasteiger partial charge in [0.1, 0.15) is 11.5 Å². The van der Waals surface area contributed by atoms with E-state index in [9.17, 15) is 4.79 Å². The summed E-state index contributed by atoms with van der Waals surface area (Å²) in [6.07, 6.45) is 6.07. The van der Waals surface area contributed by atoms with E-state index >= 15 is 0 Å². The molecule has 2 heterocycles. The maximum absolute atomic E-state index is 12.8. The van der Waals surface area contributed by atoms with Crippen molar-refractivity contribution in [2.75, 3.05) is 4.90 Å². The van der Waals surface area contributed by atoms with Gasteiger partial charge in [-0.15, -0.1) is 0 Å². The smallest absolute Gasteiger partial charge is 0.270 e. The monoisotopic (exact) mass is 433 g/mol. The van der Waals surface area contributed by atoms with Gasteiger partial charge in [-0.2, -0.15) is 0 Å². The van der Waals surface area contributed by atoms with Crippen molar-refractivity contribution in [1.82, 2.24) is 0 Å². The molecule has 1 aromatic heterocycles. The molecule has 0 N–H and O–H groups in total. The average molecular weight is 434 g/mol. The molecule has 1 amide bonds. The number of furan rings is 1. The molecule has 4 rings (SSSR count). The molecule has 136 valence electrons. The predicted molar refractivity (Wildman–Crippen MR) is 116 cm³/mol. The van der Waals surface area contributed by atoms with Crippen LogP contribution in [0.3, 0.4) is 0 Å². The fraction of sp³-hybridized carbons (Fsp3) is 0.100. The predicted octanol–water partition coefficient (Wildman–Crippen LogP) is 6.42. The van der Waals surface area contributed by atoms with E-state index in [0.717, 1.165) is 11.4 Å². The molecule has 1 fully saturated rings. The van der Waals surface area contributed by atoms with Gasteiger partial charge in [-0.1, -0.05) is 71.5 Å². The molecule has 1 aliphatic carbocycles. The molecule has 2 aliphatic rings. The fourth-order valence-electron chi connectivity index (χ4n) is 2.89. The normalized spacial score (nSPS) is 21.6. The van der Waals surface area contributed by atoms with E-state index in [-0.39, 0.29) is 11.8 Å². The highest BCUT2D eigenvalue weighted by Gasteiger charge is 2.33. The number of anilines is 1. The van der Waals surface area contributed by atoms with Crippen LogP contribution >= 0.6 is 47.2 Å². The number of halogens is 2. The second-order valence-electron chi connectivity index (χ2n) is 6.02. The number of hydrogen-bond acceptors (Lipinski definition) is 4. The highest BCUT2D eigenvalue weighted by molar-refractivity contribution is 8.27. The highest BCUT2D eigenvalue weighted by atomic mass is 35.5. The fourth-order valence-corrected chi connectivity index (χ4v) is 4.55. The van der Waals surface area contributed by atoms with Crippen LogP contribution in [0.4, 0.5) is 5.69 Å². The van der Waals surface area contributed by atoms with Gasteiger partial charge in [0.15, 0.2) is 4.32 Å². The van der Waals surface area contributed by atoms with Gasteiger partial charge in [0.2, 0.25) is 0 Å². The molecule has 7 heteroatoms. The molecule has 0 radical (unpaired) electrons. The summed E-state index contributed by atoms with van der Waals surface area (Å²) in [4.78, 5) is 14.8. The number of carbonyl (C=O) groups is 1. The first kappa shape index (κ1) is 18.6. The third-order valence-electron chi connectivity index (χ3n) is 4.23. The van der Waals surface area contributed by atoms with E-state index in [1.54, 1.807) is 12.2 Å². The molecular weight excluding hydrogens is 421 g/mol. The number of nitrogens with zero attached hydrogens (tertiary/aromatic N) is 1. The summed E-state index contributed by atoms with van der Waals surface area (Å²) >= 11 is 18.8. The highest BCUT2D eigenvalue weighted by Crippen LogP contribution is 2.38. The summed E-state index contributed by atoms with van der Waals surface area (Å²) in [6, 6.07) is 13.1. The largest absolute Gasteiger partial charge is 0.461 e. The van der Waals surface area contributed by atoms with Crippen LogP contribution in [0, 0.1) is 0 Å². The Balaban J connectivity index is 1.55. The number of allylic oxidation sites excluding steroid dienone is 4. The SMILES string of the molecule is O=C1/C(=C\c2ccc(C3C=CC(Cl)=C(Cl)C3)o2)SC(=S)N1c1ccccc1. The number of benzene rings is 1. The van der Waals surface area contributed by atoms with Gasteiger partial charge < -0.3 is 4.42 Å². The molecule has 0 spiro atoms.